The molecule has 0 unspecified atom stereocenters. The van der Waals surface area contributed by atoms with Crippen LogP contribution in [-0.4, -0.2) is 52.1 Å². The maximum Gasteiger partial charge on any atom is 0.261 e. The maximum absolute atomic E-state index is 14.7. The third kappa shape index (κ3) is 6.62. The molecule has 1 aliphatic heterocycles. The number of hydrogen-bond donors (Lipinski definition) is 1. The van der Waals surface area contributed by atoms with E-state index in [2.05, 4.69) is 5.32 Å². The van der Waals surface area contributed by atoms with Gasteiger partial charge in [0.05, 0.1) is 11.1 Å². The molecular weight excluding hydrogens is 509 g/mol. The van der Waals surface area contributed by atoms with Crippen molar-refractivity contribution in [1.29, 1.82) is 0 Å². The fourth-order valence-electron chi connectivity index (χ4n) is 4.78. The van der Waals surface area contributed by atoms with E-state index in [0.29, 0.717) is 23.1 Å². The van der Waals surface area contributed by atoms with Gasteiger partial charge in [-0.15, -0.1) is 0 Å². The van der Waals surface area contributed by atoms with Crippen molar-refractivity contribution in [2.24, 2.45) is 0 Å². The first-order valence-electron chi connectivity index (χ1n) is 13.6. The zero-order valence-electron chi connectivity index (χ0n) is 22.8. The number of nitrogens with one attached hydrogen (secondary N) is 1. The number of benzene rings is 3. The van der Waals surface area contributed by atoms with Crippen molar-refractivity contribution < 1.29 is 23.6 Å². The molecule has 0 saturated heterocycles. The molecule has 4 rings (SSSR count). The summed E-state index contributed by atoms with van der Waals surface area (Å²) >= 11 is 0. The van der Waals surface area contributed by atoms with E-state index >= 15 is 0 Å². The third-order valence-electron chi connectivity index (χ3n) is 7.22. The Hall–Kier alpha value is -4.33. The second-order valence-corrected chi connectivity index (χ2v) is 10.0. The number of carbonyl (C=O) groups is 4. The number of fused-ring (bicyclic) bond motifs is 1. The highest BCUT2D eigenvalue weighted by atomic mass is 19.1. The molecule has 0 spiro atoms. The van der Waals surface area contributed by atoms with Crippen molar-refractivity contribution in [3.63, 3.8) is 0 Å². The lowest BCUT2D eigenvalue weighted by Gasteiger charge is -2.32. The normalized spacial score (nSPS) is 14.0. The van der Waals surface area contributed by atoms with Gasteiger partial charge in [-0.1, -0.05) is 67.6 Å². The molecule has 2 atom stereocenters. The summed E-state index contributed by atoms with van der Waals surface area (Å²) in [6.45, 7) is 3.82. The molecule has 3 aromatic rings. The first kappa shape index (κ1) is 28.7. The quantitative estimate of drug-likeness (QED) is 0.334. The summed E-state index contributed by atoms with van der Waals surface area (Å²) in [5, 5.41) is 2.98. The van der Waals surface area contributed by atoms with Crippen LogP contribution in [0.5, 0.6) is 0 Å². The summed E-state index contributed by atoms with van der Waals surface area (Å²) in [5.74, 6) is -1.91. The van der Waals surface area contributed by atoms with Gasteiger partial charge in [-0.3, -0.25) is 24.1 Å². The summed E-state index contributed by atoms with van der Waals surface area (Å²) < 4.78 is 14.7. The summed E-state index contributed by atoms with van der Waals surface area (Å²) in [6, 6.07) is 21.2. The molecule has 7 nitrogen and oxygen atoms in total. The fourth-order valence-corrected chi connectivity index (χ4v) is 4.78. The topological polar surface area (TPSA) is 86.8 Å². The highest BCUT2D eigenvalue weighted by molar-refractivity contribution is 6.21. The summed E-state index contributed by atoms with van der Waals surface area (Å²) in [6.07, 6.45) is 1.15. The minimum atomic E-state index is -0.886. The van der Waals surface area contributed by atoms with Gasteiger partial charge in [0.25, 0.3) is 11.8 Å². The van der Waals surface area contributed by atoms with Crippen molar-refractivity contribution in [3.05, 3.63) is 107 Å². The molecule has 1 aliphatic rings. The van der Waals surface area contributed by atoms with Gasteiger partial charge in [-0.05, 0) is 43.5 Å². The fraction of sp³-hybridized carbons (Fsp3) is 0.312. The van der Waals surface area contributed by atoms with Crippen LogP contribution < -0.4 is 5.32 Å². The van der Waals surface area contributed by atoms with Crippen LogP contribution in [0.15, 0.2) is 78.9 Å². The molecule has 208 valence electrons. The minimum absolute atomic E-state index is 0.0240. The smallest absolute Gasteiger partial charge is 0.261 e. The number of amides is 4. The van der Waals surface area contributed by atoms with Gasteiger partial charge in [-0.25, -0.2) is 4.39 Å². The molecule has 1 heterocycles. The van der Waals surface area contributed by atoms with Crippen molar-refractivity contribution in [2.45, 2.75) is 58.2 Å². The molecule has 0 saturated carbocycles. The largest absolute Gasteiger partial charge is 0.352 e. The first-order chi connectivity index (χ1) is 19.3. The molecule has 0 bridgehead atoms. The number of hydrogen-bond acceptors (Lipinski definition) is 4. The Bertz CT molecular complexity index is 1340. The van der Waals surface area contributed by atoms with Gasteiger partial charge >= 0.3 is 0 Å². The van der Waals surface area contributed by atoms with Gasteiger partial charge in [-0.2, -0.15) is 0 Å². The number of rotatable bonds is 12. The summed E-state index contributed by atoms with van der Waals surface area (Å²) in [4.78, 5) is 55.3. The Morgan fingerprint density at radius 1 is 0.900 bits per heavy atom. The van der Waals surface area contributed by atoms with Crippen LogP contribution in [0.1, 0.15) is 65.0 Å². The van der Waals surface area contributed by atoms with E-state index < -0.39 is 11.9 Å². The monoisotopic (exact) mass is 543 g/mol. The van der Waals surface area contributed by atoms with E-state index in [1.165, 1.54) is 11.0 Å². The average molecular weight is 544 g/mol. The van der Waals surface area contributed by atoms with Crippen LogP contribution in [0.3, 0.4) is 0 Å². The predicted molar refractivity (Wildman–Crippen MR) is 150 cm³/mol. The third-order valence-corrected chi connectivity index (χ3v) is 7.22. The molecule has 1 N–H and O–H groups in total. The van der Waals surface area contributed by atoms with Crippen LogP contribution in [0.4, 0.5) is 4.39 Å². The van der Waals surface area contributed by atoms with Crippen molar-refractivity contribution in [1.82, 2.24) is 15.1 Å². The van der Waals surface area contributed by atoms with Crippen LogP contribution in [0.25, 0.3) is 0 Å². The van der Waals surface area contributed by atoms with E-state index in [1.54, 1.807) is 42.5 Å². The Labute approximate surface area is 234 Å². The highest BCUT2D eigenvalue weighted by Gasteiger charge is 2.35. The predicted octanol–water partition coefficient (Wildman–Crippen LogP) is 4.76. The van der Waals surface area contributed by atoms with Crippen molar-refractivity contribution in [2.75, 3.05) is 6.54 Å². The Morgan fingerprint density at radius 3 is 2.12 bits per heavy atom. The molecular formula is C32H34FN3O4. The van der Waals surface area contributed by atoms with Crippen LogP contribution in [-0.2, 0) is 22.6 Å². The second kappa shape index (κ2) is 13.2. The van der Waals surface area contributed by atoms with E-state index in [4.69, 9.17) is 0 Å². The molecule has 40 heavy (non-hydrogen) atoms. The van der Waals surface area contributed by atoms with Gasteiger partial charge in [0, 0.05) is 37.5 Å². The van der Waals surface area contributed by atoms with Gasteiger partial charge in [0.1, 0.15) is 11.9 Å². The van der Waals surface area contributed by atoms with E-state index in [-0.39, 0.29) is 62.0 Å². The molecule has 3 aromatic carbocycles. The molecule has 0 aliphatic carbocycles. The lowest BCUT2D eigenvalue weighted by Crippen LogP contribution is -2.52. The van der Waals surface area contributed by atoms with Gasteiger partial charge < -0.3 is 10.2 Å². The molecule has 8 heteroatoms. The SMILES string of the molecule is CC[C@@H](C)NC(=O)[C@@H](Cc1ccccc1)N(Cc1ccccc1F)C(=O)CCCN1C(=O)c2ccccc2C1=O. The minimum Gasteiger partial charge on any atom is -0.352 e. The standard InChI is InChI=1S/C32H34FN3O4/c1-3-22(2)34-30(38)28(20-23-12-5-4-6-13-23)36(21-24-14-7-10-17-27(24)33)29(37)18-11-19-35-31(39)25-15-8-9-16-26(25)32(35)40/h4-10,12-17,22,28H,3,11,18-21H2,1-2H3,(H,34,38)/t22-,28-/m1/s1. The lowest BCUT2D eigenvalue weighted by molar-refractivity contribution is -0.141. The zero-order chi connectivity index (χ0) is 28.6. The molecule has 0 aromatic heterocycles. The Kier molecular flexibility index (Phi) is 9.43. The Morgan fingerprint density at radius 2 is 1.50 bits per heavy atom. The van der Waals surface area contributed by atoms with E-state index in [1.807, 2.05) is 44.2 Å². The number of nitrogens with zero attached hydrogens (tertiary/aromatic N) is 2. The van der Waals surface area contributed by atoms with E-state index in [0.717, 1.165) is 10.5 Å². The van der Waals surface area contributed by atoms with Gasteiger partial charge in [0.15, 0.2) is 0 Å². The second-order valence-electron chi connectivity index (χ2n) is 10.0. The molecule has 0 fully saturated rings. The Balaban J connectivity index is 1.56. The van der Waals surface area contributed by atoms with Crippen LogP contribution in [0.2, 0.25) is 0 Å². The molecule has 0 radical (unpaired) electrons. The number of carbonyl (C=O) groups excluding carboxylic acids is 4. The van der Waals surface area contributed by atoms with E-state index in [9.17, 15) is 23.6 Å². The van der Waals surface area contributed by atoms with Gasteiger partial charge in [0.2, 0.25) is 11.8 Å². The number of halogens is 1. The first-order valence-corrected chi connectivity index (χ1v) is 13.6. The van der Waals surface area contributed by atoms with Crippen LogP contribution >= 0.6 is 0 Å². The number of imide groups is 1. The summed E-state index contributed by atoms with van der Waals surface area (Å²) in [5.41, 5.74) is 1.86. The highest BCUT2D eigenvalue weighted by Crippen LogP contribution is 2.23. The summed E-state index contributed by atoms with van der Waals surface area (Å²) in [7, 11) is 0. The molecule has 4 amide bonds. The average Bonchev–Trinajstić information content (AvgIpc) is 3.21. The maximum atomic E-state index is 14.7. The van der Waals surface area contributed by atoms with Crippen molar-refractivity contribution >= 4 is 23.6 Å². The van der Waals surface area contributed by atoms with Crippen LogP contribution in [0, 0.1) is 5.82 Å². The lowest BCUT2D eigenvalue weighted by atomic mass is 10.0. The zero-order valence-corrected chi connectivity index (χ0v) is 22.8. The van der Waals surface area contributed by atoms with Crippen molar-refractivity contribution in [3.8, 4) is 0 Å².